The molecule has 0 bridgehead atoms. The third kappa shape index (κ3) is 3.18. The molecular weight excluding hydrogens is 228 g/mol. The van der Waals surface area contributed by atoms with Gasteiger partial charge in [-0.25, -0.2) is 4.98 Å². The quantitative estimate of drug-likeness (QED) is 0.818. The minimum Gasteiger partial charge on any atom is -0.755 e. The molecule has 1 aromatic rings. The van der Waals surface area contributed by atoms with Crippen molar-refractivity contribution >= 4 is 17.1 Å². The number of anilines is 1. The van der Waals surface area contributed by atoms with E-state index < -0.39 is 11.3 Å². The summed E-state index contributed by atoms with van der Waals surface area (Å²) in [6.07, 6.45) is 0. The standard InChI is InChI=1S/C10H16N2O3S/c1-10(2,3)8-6-5-7(15-4)9(11-8)12-16(13)14/h5-6H,1-4H3,(H,11,12)(H,13,14)/p-1. The monoisotopic (exact) mass is 243 g/mol. The molecule has 0 aromatic carbocycles. The highest BCUT2D eigenvalue weighted by Crippen LogP contribution is 2.27. The summed E-state index contributed by atoms with van der Waals surface area (Å²) in [5, 5.41) is 0. The highest BCUT2D eigenvalue weighted by atomic mass is 32.2. The number of methoxy groups -OCH3 is 1. The second-order valence-electron chi connectivity index (χ2n) is 4.33. The van der Waals surface area contributed by atoms with Crippen LogP contribution in [-0.2, 0) is 16.7 Å². The van der Waals surface area contributed by atoms with Crippen LogP contribution in [0.25, 0.3) is 0 Å². The van der Waals surface area contributed by atoms with Crippen LogP contribution in [0.1, 0.15) is 26.5 Å². The fourth-order valence-electron chi connectivity index (χ4n) is 1.18. The van der Waals surface area contributed by atoms with Gasteiger partial charge in [-0.1, -0.05) is 20.8 Å². The summed E-state index contributed by atoms with van der Waals surface area (Å²) in [7, 11) is 1.46. The van der Waals surface area contributed by atoms with Gasteiger partial charge < -0.3 is 9.29 Å². The average Bonchev–Trinajstić information content (AvgIpc) is 2.15. The van der Waals surface area contributed by atoms with Crippen LogP contribution in [0.2, 0.25) is 0 Å². The Bertz CT molecular complexity index is 402. The van der Waals surface area contributed by atoms with Crippen LogP contribution in [0.15, 0.2) is 12.1 Å². The highest BCUT2D eigenvalue weighted by Gasteiger charge is 2.17. The fraction of sp³-hybridized carbons (Fsp3) is 0.500. The molecule has 1 aromatic heterocycles. The summed E-state index contributed by atoms with van der Waals surface area (Å²) >= 11 is -2.41. The third-order valence-corrected chi connectivity index (χ3v) is 2.39. The summed E-state index contributed by atoms with van der Waals surface area (Å²) in [6, 6.07) is 3.51. The van der Waals surface area contributed by atoms with Crippen LogP contribution in [0.5, 0.6) is 5.75 Å². The van der Waals surface area contributed by atoms with E-state index in [1.54, 1.807) is 6.07 Å². The van der Waals surface area contributed by atoms with Crippen LogP contribution in [0.4, 0.5) is 5.82 Å². The molecule has 1 heterocycles. The van der Waals surface area contributed by atoms with E-state index in [0.717, 1.165) is 5.69 Å². The zero-order valence-electron chi connectivity index (χ0n) is 9.73. The molecule has 1 atom stereocenters. The lowest BCUT2D eigenvalue weighted by atomic mass is 9.92. The van der Waals surface area contributed by atoms with E-state index in [1.807, 2.05) is 26.8 Å². The van der Waals surface area contributed by atoms with E-state index in [1.165, 1.54) is 7.11 Å². The number of pyridine rings is 1. The third-order valence-electron chi connectivity index (χ3n) is 2.03. The molecular formula is C10H15N2O3S-. The van der Waals surface area contributed by atoms with Gasteiger partial charge in [0, 0.05) is 22.4 Å². The Hall–Kier alpha value is -1.14. The van der Waals surface area contributed by atoms with Crippen molar-refractivity contribution in [1.29, 1.82) is 0 Å². The van der Waals surface area contributed by atoms with Gasteiger partial charge in [-0.15, -0.1) is 0 Å². The van der Waals surface area contributed by atoms with Gasteiger partial charge in [0.15, 0.2) is 11.6 Å². The first kappa shape index (κ1) is 12.9. The Morgan fingerprint density at radius 2 is 2.06 bits per heavy atom. The fourth-order valence-corrected chi connectivity index (χ4v) is 1.48. The van der Waals surface area contributed by atoms with Gasteiger partial charge in [-0.05, 0) is 12.1 Å². The summed E-state index contributed by atoms with van der Waals surface area (Å²) in [4.78, 5) is 4.23. The first-order chi connectivity index (χ1) is 7.34. The van der Waals surface area contributed by atoms with E-state index >= 15 is 0 Å². The smallest absolute Gasteiger partial charge is 0.180 e. The molecule has 0 aliphatic rings. The lowest BCUT2D eigenvalue weighted by molar-refractivity contribution is 0.414. The predicted molar refractivity (Wildman–Crippen MR) is 62.0 cm³/mol. The lowest BCUT2D eigenvalue weighted by Gasteiger charge is -2.20. The van der Waals surface area contributed by atoms with Crippen LogP contribution in [0, 0.1) is 0 Å². The number of rotatable bonds is 3. The topological polar surface area (TPSA) is 74.3 Å². The molecule has 1 N–H and O–H groups in total. The molecule has 90 valence electrons. The van der Waals surface area contributed by atoms with Gasteiger partial charge in [0.05, 0.1) is 7.11 Å². The Morgan fingerprint density at radius 3 is 2.50 bits per heavy atom. The normalized spacial score (nSPS) is 13.3. The lowest BCUT2D eigenvalue weighted by Crippen LogP contribution is -2.15. The van der Waals surface area contributed by atoms with E-state index in [9.17, 15) is 8.76 Å². The maximum atomic E-state index is 10.6. The molecule has 0 saturated carbocycles. The number of nitrogens with one attached hydrogen (secondary N) is 1. The van der Waals surface area contributed by atoms with Crippen molar-refractivity contribution in [2.75, 3.05) is 11.8 Å². The number of hydrogen-bond donors (Lipinski definition) is 1. The maximum absolute atomic E-state index is 10.6. The first-order valence-corrected chi connectivity index (χ1v) is 5.83. The molecule has 0 aliphatic heterocycles. The molecule has 1 unspecified atom stereocenters. The second kappa shape index (κ2) is 4.80. The molecule has 0 amide bonds. The molecule has 0 fully saturated rings. The number of aromatic nitrogens is 1. The maximum Gasteiger partial charge on any atom is 0.180 e. The molecule has 0 aliphatic carbocycles. The summed E-state index contributed by atoms with van der Waals surface area (Å²) in [6.45, 7) is 6.00. The summed E-state index contributed by atoms with van der Waals surface area (Å²) < 4.78 is 28.4. The number of hydrogen-bond acceptors (Lipinski definition) is 4. The van der Waals surface area contributed by atoms with Crippen LogP contribution in [-0.4, -0.2) is 20.9 Å². The van der Waals surface area contributed by atoms with Crippen molar-refractivity contribution in [3.8, 4) is 5.75 Å². The van der Waals surface area contributed by atoms with Gasteiger partial charge in [0.25, 0.3) is 0 Å². The molecule has 0 saturated heterocycles. The Morgan fingerprint density at radius 1 is 1.44 bits per heavy atom. The SMILES string of the molecule is COc1ccc(C(C)(C)C)nc1NS(=O)[O-]. The zero-order chi connectivity index (χ0) is 12.3. The van der Waals surface area contributed by atoms with Gasteiger partial charge in [-0.2, -0.15) is 0 Å². The zero-order valence-corrected chi connectivity index (χ0v) is 10.6. The number of ether oxygens (including phenoxy) is 1. The Labute approximate surface area is 97.7 Å². The Balaban J connectivity index is 3.16. The van der Waals surface area contributed by atoms with E-state index in [0.29, 0.717) is 5.75 Å². The van der Waals surface area contributed by atoms with Crippen LogP contribution in [0.3, 0.4) is 0 Å². The van der Waals surface area contributed by atoms with Crippen LogP contribution < -0.4 is 9.46 Å². The number of nitrogens with zero attached hydrogens (tertiary/aromatic N) is 1. The summed E-state index contributed by atoms with van der Waals surface area (Å²) in [5.41, 5.74) is 0.647. The van der Waals surface area contributed by atoms with Gasteiger partial charge in [0.1, 0.15) is 0 Å². The molecule has 0 spiro atoms. The minimum atomic E-state index is -2.41. The van der Waals surface area contributed by atoms with E-state index in [-0.39, 0.29) is 11.2 Å². The molecule has 16 heavy (non-hydrogen) atoms. The molecule has 0 radical (unpaired) electrons. The van der Waals surface area contributed by atoms with E-state index in [4.69, 9.17) is 4.74 Å². The van der Waals surface area contributed by atoms with Gasteiger partial charge >= 0.3 is 0 Å². The molecule has 5 nitrogen and oxygen atoms in total. The van der Waals surface area contributed by atoms with Crippen molar-refractivity contribution in [2.24, 2.45) is 0 Å². The second-order valence-corrected chi connectivity index (χ2v) is 5.01. The van der Waals surface area contributed by atoms with Crippen molar-refractivity contribution in [1.82, 2.24) is 4.98 Å². The molecule has 6 heteroatoms. The molecule has 1 rings (SSSR count). The van der Waals surface area contributed by atoms with Crippen LogP contribution >= 0.6 is 0 Å². The Kier molecular flexibility index (Phi) is 3.88. The van der Waals surface area contributed by atoms with Crippen molar-refractivity contribution in [3.63, 3.8) is 0 Å². The highest BCUT2D eigenvalue weighted by molar-refractivity contribution is 7.80. The van der Waals surface area contributed by atoms with Crippen molar-refractivity contribution in [2.45, 2.75) is 26.2 Å². The van der Waals surface area contributed by atoms with Gasteiger partial charge in [-0.3, -0.25) is 8.93 Å². The van der Waals surface area contributed by atoms with Crippen molar-refractivity contribution in [3.05, 3.63) is 17.8 Å². The van der Waals surface area contributed by atoms with Gasteiger partial charge in [0.2, 0.25) is 0 Å². The first-order valence-electron chi connectivity index (χ1n) is 4.76. The average molecular weight is 243 g/mol. The minimum absolute atomic E-state index is 0.146. The largest absolute Gasteiger partial charge is 0.755 e. The van der Waals surface area contributed by atoms with E-state index in [2.05, 4.69) is 9.71 Å². The summed E-state index contributed by atoms with van der Waals surface area (Å²) in [5.74, 6) is 0.612. The predicted octanol–water partition coefficient (Wildman–Crippen LogP) is 1.59. The van der Waals surface area contributed by atoms with Crippen molar-refractivity contribution < 1.29 is 13.5 Å².